The van der Waals surface area contributed by atoms with E-state index in [4.69, 9.17) is 0 Å². The topological polar surface area (TPSA) is 70.6 Å². The van der Waals surface area contributed by atoms with Gasteiger partial charge in [-0.2, -0.15) is 0 Å². The number of sulfone groups is 1. The molecule has 5 nitrogen and oxygen atoms in total. The highest BCUT2D eigenvalue weighted by atomic mass is 32.2. The van der Waals surface area contributed by atoms with E-state index < -0.39 is 9.84 Å². The van der Waals surface area contributed by atoms with E-state index in [0.717, 1.165) is 19.4 Å². The van der Waals surface area contributed by atoms with Gasteiger partial charge in [-0.05, 0) is 41.5 Å². The number of rotatable bonds is 8. The van der Waals surface area contributed by atoms with Crippen LogP contribution in [0, 0.1) is 11.2 Å². The second kappa shape index (κ2) is 9.90. The minimum atomic E-state index is -3.19. The third-order valence-corrected chi connectivity index (χ3v) is 4.74. The summed E-state index contributed by atoms with van der Waals surface area (Å²) in [6, 6.07) is 4.17. The Kier molecular flexibility index (Phi) is 8.53. The van der Waals surface area contributed by atoms with Crippen molar-refractivity contribution in [1.29, 1.82) is 0 Å². The Labute approximate surface area is 157 Å². The Balaban J connectivity index is 2.57. The molecule has 0 saturated carbocycles. The van der Waals surface area contributed by atoms with Gasteiger partial charge in [0.25, 0.3) is 0 Å². The third kappa shape index (κ3) is 9.75. The van der Waals surface area contributed by atoms with Crippen LogP contribution < -0.4 is 10.6 Å². The first-order valence-electron chi connectivity index (χ1n) is 8.90. The summed E-state index contributed by atoms with van der Waals surface area (Å²) in [7, 11) is -1.51. The minimum absolute atomic E-state index is 0.108. The minimum Gasteiger partial charge on any atom is -0.356 e. The SMILES string of the molecule is CN=C(NCCCCC(C)(C)C)NCc1cc(F)ccc1CS(C)(=O)=O. The Hall–Kier alpha value is -1.63. The molecule has 0 radical (unpaired) electrons. The highest BCUT2D eigenvalue weighted by Gasteiger charge is 2.11. The number of hydrogen-bond donors (Lipinski definition) is 2. The van der Waals surface area contributed by atoms with Crippen molar-refractivity contribution in [3.8, 4) is 0 Å². The van der Waals surface area contributed by atoms with Crippen molar-refractivity contribution in [1.82, 2.24) is 10.6 Å². The maximum Gasteiger partial charge on any atom is 0.191 e. The molecular weight excluding hydrogens is 353 g/mol. The standard InChI is InChI=1S/C19H32FN3O2S/c1-19(2,3)10-6-7-11-22-18(21-4)23-13-16-12-17(20)9-8-15(16)14-26(5,24)25/h8-9,12H,6-7,10-11,13-14H2,1-5H3,(H2,21,22,23). The summed E-state index contributed by atoms with van der Waals surface area (Å²) in [5, 5.41) is 6.36. The van der Waals surface area contributed by atoms with Crippen molar-refractivity contribution in [2.75, 3.05) is 19.8 Å². The molecule has 0 aliphatic rings. The molecule has 0 saturated heterocycles. The van der Waals surface area contributed by atoms with Crippen LogP contribution >= 0.6 is 0 Å². The molecule has 0 atom stereocenters. The Bertz CT molecular complexity index is 710. The first kappa shape index (κ1) is 22.4. The number of halogens is 1. The van der Waals surface area contributed by atoms with Crippen molar-refractivity contribution in [3.63, 3.8) is 0 Å². The van der Waals surface area contributed by atoms with E-state index >= 15 is 0 Å². The van der Waals surface area contributed by atoms with Crippen LogP contribution in [0.1, 0.15) is 51.2 Å². The summed E-state index contributed by atoms with van der Waals surface area (Å²) in [6.07, 6.45) is 4.51. The molecule has 0 fully saturated rings. The molecule has 0 aliphatic heterocycles. The molecule has 26 heavy (non-hydrogen) atoms. The van der Waals surface area contributed by atoms with Crippen LogP contribution in [0.25, 0.3) is 0 Å². The monoisotopic (exact) mass is 385 g/mol. The highest BCUT2D eigenvalue weighted by Crippen LogP contribution is 2.21. The predicted molar refractivity (Wildman–Crippen MR) is 106 cm³/mol. The lowest BCUT2D eigenvalue weighted by Crippen LogP contribution is -2.37. The van der Waals surface area contributed by atoms with E-state index in [1.807, 2.05) is 0 Å². The van der Waals surface area contributed by atoms with Crippen molar-refractivity contribution in [3.05, 3.63) is 35.1 Å². The number of nitrogens with zero attached hydrogens (tertiary/aromatic N) is 1. The molecule has 148 valence electrons. The van der Waals surface area contributed by atoms with E-state index in [2.05, 4.69) is 36.4 Å². The quantitative estimate of drug-likeness (QED) is 0.409. The molecule has 0 unspecified atom stereocenters. The fourth-order valence-electron chi connectivity index (χ4n) is 2.57. The first-order valence-corrected chi connectivity index (χ1v) is 11.0. The molecule has 2 N–H and O–H groups in total. The number of guanidine groups is 1. The van der Waals surface area contributed by atoms with Gasteiger partial charge in [-0.15, -0.1) is 0 Å². The zero-order chi connectivity index (χ0) is 19.8. The molecule has 0 aromatic heterocycles. The van der Waals surface area contributed by atoms with Crippen molar-refractivity contribution in [2.24, 2.45) is 10.4 Å². The smallest absolute Gasteiger partial charge is 0.191 e. The van der Waals surface area contributed by atoms with Crippen LogP contribution in [0.2, 0.25) is 0 Å². The lowest BCUT2D eigenvalue weighted by molar-refractivity contribution is 0.360. The average Bonchev–Trinajstić information content (AvgIpc) is 2.50. The Morgan fingerprint density at radius 3 is 2.42 bits per heavy atom. The van der Waals surface area contributed by atoms with E-state index in [1.54, 1.807) is 7.05 Å². The van der Waals surface area contributed by atoms with Crippen LogP contribution in [0.15, 0.2) is 23.2 Å². The lowest BCUT2D eigenvalue weighted by atomic mass is 9.90. The van der Waals surface area contributed by atoms with E-state index in [-0.39, 0.29) is 11.6 Å². The predicted octanol–water partition coefficient (Wildman–Crippen LogP) is 3.25. The number of benzene rings is 1. The maximum atomic E-state index is 13.5. The molecule has 0 amide bonds. The van der Waals surface area contributed by atoms with Gasteiger partial charge < -0.3 is 10.6 Å². The molecule has 0 bridgehead atoms. The van der Waals surface area contributed by atoms with Gasteiger partial charge in [-0.1, -0.05) is 33.3 Å². The molecule has 7 heteroatoms. The van der Waals surface area contributed by atoms with Gasteiger partial charge in [0.2, 0.25) is 0 Å². The third-order valence-electron chi connectivity index (χ3n) is 3.90. The van der Waals surface area contributed by atoms with Crippen LogP contribution in [0.5, 0.6) is 0 Å². The van der Waals surface area contributed by atoms with Gasteiger partial charge in [0.05, 0.1) is 5.75 Å². The van der Waals surface area contributed by atoms with Crippen LogP contribution in [0.4, 0.5) is 4.39 Å². The second-order valence-electron chi connectivity index (χ2n) is 7.85. The normalized spacial score (nSPS) is 12.9. The van der Waals surface area contributed by atoms with E-state index in [1.165, 1.54) is 30.9 Å². The first-order chi connectivity index (χ1) is 12.0. The number of unbranched alkanes of at least 4 members (excludes halogenated alkanes) is 1. The number of nitrogens with one attached hydrogen (secondary N) is 2. The largest absolute Gasteiger partial charge is 0.356 e. The lowest BCUT2D eigenvalue weighted by Gasteiger charge is -2.18. The van der Waals surface area contributed by atoms with Gasteiger partial charge in [-0.25, -0.2) is 12.8 Å². The molecule has 0 spiro atoms. The van der Waals surface area contributed by atoms with Crippen molar-refractivity contribution >= 4 is 15.8 Å². The zero-order valence-electron chi connectivity index (χ0n) is 16.5. The summed E-state index contributed by atoms with van der Waals surface area (Å²) in [6.45, 7) is 7.80. The van der Waals surface area contributed by atoms with Gasteiger partial charge >= 0.3 is 0 Å². The Morgan fingerprint density at radius 1 is 1.15 bits per heavy atom. The molecule has 1 rings (SSSR count). The molecule has 0 heterocycles. The zero-order valence-corrected chi connectivity index (χ0v) is 17.3. The fourth-order valence-corrected chi connectivity index (χ4v) is 3.42. The highest BCUT2D eigenvalue weighted by molar-refractivity contribution is 7.89. The molecule has 1 aromatic rings. The van der Waals surface area contributed by atoms with Crippen molar-refractivity contribution < 1.29 is 12.8 Å². The van der Waals surface area contributed by atoms with Crippen LogP contribution in [-0.4, -0.2) is 34.2 Å². The number of aliphatic imine (C=N–C) groups is 1. The molecule has 0 aliphatic carbocycles. The molecular formula is C19H32FN3O2S. The summed E-state index contributed by atoms with van der Waals surface area (Å²) >= 11 is 0. The van der Waals surface area contributed by atoms with Crippen molar-refractivity contribution in [2.45, 2.75) is 52.3 Å². The summed E-state index contributed by atoms with van der Waals surface area (Å²) in [5.41, 5.74) is 1.56. The number of hydrogen-bond acceptors (Lipinski definition) is 3. The van der Waals surface area contributed by atoms with Gasteiger partial charge in [0.15, 0.2) is 15.8 Å². The van der Waals surface area contributed by atoms with Crippen LogP contribution in [0.3, 0.4) is 0 Å². The summed E-state index contributed by atoms with van der Waals surface area (Å²) < 4.78 is 36.7. The van der Waals surface area contributed by atoms with E-state index in [9.17, 15) is 12.8 Å². The van der Waals surface area contributed by atoms with Gasteiger partial charge in [0, 0.05) is 26.4 Å². The summed E-state index contributed by atoms with van der Waals surface area (Å²) in [4.78, 5) is 4.16. The maximum absolute atomic E-state index is 13.5. The molecule has 1 aromatic carbocycles. The fraction of sp³-hybridized carbons (Fsp3) is 0.632. The average molecular weight is 386 g/mol. The van der Waals surface area contributed by atoms with E-state index in [0.29, 0.717) is 29.0 Å². The second-order valence-corrected chi connectivity index (χ2v) is 9.99. The van der Waals surface area contributed by atoms with Crippen LogP contribution in [-0.2, 0) is 22.1 Å². The summed E-state index contributed by atoms with van der Waals surface area (Å²) in [5.74, 6) is 0.128. The van der Waals surface area contributed by atoms with Gasteiger partial charge in [0.1, 0.15) is 5.82 Å². The Morgan fingerprint density at radius 2 is 1.85 bits per heavy atom. The van der Waals surface area contributed by atoms with Gasteiger partial charge in [-0.3, -0.25) is 4.99 Å².